The highest BCUT2D eigenvalue weighted by molar-refractivity contribution is 5.75. The molecule has 7 nitrogen and oxygen atoms in total. The van der Waals surface area contributed by atoms with E-state index in [0.29, 0.717) is 5.69 Å². The topological polar surface area (TPSA) is 90.7 Å². The first-order valence-electron chi connectivity index (χ1n) is 6.01. The zero-order valence-electron chi connectivity index (χ0n) is 11.9. The standard InChI is InChI=1S/C13H18N2O5/c1-13(2,3)20-12(16)8-14-9-5-6-10(15(17)18)11(7-9)19-4/h5-7,14H,8H2,1-4H3. The van der Waals surface area contributed by atoms with E-state index < -0.39 is 16.5 Å². The van der Waals surface area contributed by atoms with E-state index in [4.69, 9.17) is 9.47 Å². The summed E-state index contributed by atoms with van der Waals surface area (Å²) in [6.07, 6.45) is 0. The number of hydrogen-bond donors (Lipinski definition) is 1. The van der Waals surface area contributed by atoms with Crippen LogP contribution in [0.15, 0.2) is 18.2 Å². The van der Waals surface area contributed by atoms with Crippen LogP contribution in [0.4, 0.5) is 11.4 Å². The van der Waals surface area contributed by atoms with Gasteiger partial charge in [0.15, 0.2) is 5.75 Å². The fourth-order valence-corrected chi connectivity index (χ4v) is 1.49. The lowest BCUT2D eigenvalue weighted by Gasteiger charge is -2.19. The van der Waals surface area contributed by atoms with Crippen LogP contribution in [0.5, 0.6) is 5.75 Å². The number of esters is 1. The Bertz CT molecular complexity index is 508. The number of anilines is 1. The van der Waals surface area contributed by atoms with E-state index >= 15 is 0 Å². The monoisotopic (exact) mass is 282 g/mol. The lowest BCUT2D eigenvalue weighted by Crippen LogP contribution is -2.28. The van der Waals surface area contributed by atoms with Gasteiger partial charge in [-0.2, -0.15) is 0 Å². The number of carbonyl (C=O) groups is 1. The lowest BCUT2D eigenvalue weighted by molar-refractivity contribution is -0.385. The van der Waals surface area contributed by atoms with Crippen molar-refractivity contribution in [1.29, 1.82) is 0 Å². The van der Waals surface area contributed by atoms with Gasteiger partial charge in [-0.25, -0.2) is 0 Å². The highest BCUT2D eigenvalue weighted by Crippen LogP contribution is 2.29. The molecule has 0 aliphatic heterocycles. The van der Waals surface area contributed by atoms with Crippen LogP contribution in [0.2, 0.25) is 0 Å². The van der Waals surface area contributed by atoms with Crippen LogP contribution in [-0.4, -0.2) is 30.1 Å². The van der Waals surface area contributed by atoms with E-state index in [9.17, 15) is 14.9 Å². The largest absolute Gasteiger partial charge is 0.490 e. The van der Waals surface area contributed by atoms with Crippen molar-refractivity contribution in [3.05, 3.63) is 28.3 Å². The van der Waals surface area contributed by atoms with Crippen LogP contribution >= 0.6 is 0 Å². The summed E-state index contributed by atoms with van der Waals surface area (Å²) in [4.78, 5) is 21.8. The minimum absolute atomic E-state index is 0.0295. The van der Waals surface area contributed by atoms with E-state index in [1.165, 1.54) is 25.3 Å². The van der Waals surface area contributed by atoms with Crippen molar-refractivity contribution in [2.75, 3.05) is 19.0 Å². The number of hydrogen-bond acceptors (Lipinski definition) is 6. The van der Waals surface area contributed by atoms with Crippen molar-refractivity contribution in [3.63, 3.8) is 0 Å². The molecule has 0 unspecified atom stereocenters. The Morgan fingerprint density at radius 2 is 2.05 bits per heavy atom. The fraction of sp³-hybridized carbons (Fsp3) is 0.462. The van der Waals surface area contributed by atoms with E-state index in [-0.39, 0.29) is 18.0 Å². The third-order valence-corrected chi connectivity index (χ3v) is 2.23. The number of methoxy groups -OCH3 is 1. The van der Waals surface area contributed by atoms with Crippen molar-refractivity contribution < 1.29 is 19.2 Å². The van der Waals surface area contributed by atoms with Gasteiger partial charge in [0, 0.05) is 17.8 Å². The molecule has 7 heteroatoms. The maximum atomic E-state index is 11.5. The van der Waals surface area contributed by atoms with Gasteiger partial charge in [-0.3, -0.25) is 14.9 Å². The molecule has 1 aromatic rings. The van der Waals surface area contributed by atoms with E-state index in [2.05, 4.69) is 5.32 Å². The van der Waals surface area contributed by atoms with Crippen LogP contribution in [0.3, 0.4) is 0 Å². The Kier molecular flexibility index (Phi) is 4.90. The number of nitro benzene ring substituents is 1. The third kappa shape index (κ3) is 4.75. The third-order valence-electron chi connectivity index (χ3n) is 2.23. The fourth-order valence-electron chi connectivity index (χ4n) is 1.49. The highest BCUT2D eigenvalue weighted by Gasteiger charge is 2.17. The van der Waals surface area contributed by atoms with Gasteiger partial charge in [-0.05, 0) is 26.8 Å². The highest BCUT2D eigenvalue weighted by atomic mass is 16.6. The summed E-state index contributed by atoms with van der Waals surface area (Å²) in [5.74, 6) is -0.279. The number of rotatable bonds is 5. The summed E-state index contributed by atoms with van der Waals surface area (Å²) in [6.45, 7) is 5.30. The molecular weight excluding hydrogens is 264 g/mol. The molecule has 0 aromatic heterocycles. The maximum Gasteiger partial charge on any atom is 0.325 e. The summed E-state index contributed by atoms with van der Waals surface area (Å²) >= 11 is 0. The number of nitro groups is 1. The van der Waals surface area contributed by atoms with Crippen molar-refractivity contribution in [2.45, 2.75) is 26.4 Å². The Hall–Kier alpha value is -2.31. The molecular formula is C13H18N2O5. The van der Waals surface area contributed by atoms with Crippen molar-refractivity contribution in [1.82, 2.24) is 0 Å². The first kappa shape index (κ1) is 15.7. The van der Waals surface area contributed by atoms with Gasteiger partial charge in [0.05, 0.1) is 12.0 Å². The lowest BCUT2D eigenvalue weighted by atomic mass is 10.2. The second kappa shape index (κ2) is 6.23. The van der Waals surface area contributed by atoms with Crippen molar-refractivity contribution >= 4 is 17.3 Å². The smallest absolute Gasteiger partial charge is 0.325 e. The predicted molar refractivity (Wildman–Crippen MR) is 74.0 cm³/mol. The number of nitrogens with zero attached hydrogens (tertiary/aromatic N) is 1. The zero-order chi connectivity index (χ0) is 15.3. The second-order valence-electron chi connectivity index (χ2n) is 5.08. The average Bonchev–Trinajstić information content (AvgIpc) is 2.33. The van der Waals surface area contributed by atoms with Gasteiger partial charge in [0.25, 0.3) is 0 Å². The minimum atomic E-state index is -0.550. The van der Waals surface area contributed by atoms with Gasteiger partial charge < -0.3 is 14.8 Å². The second-order valence-corrected chi connectivity index (χ2v) is 5.08. The van der Waals surface area contributed by atoms with Crippen LogP contribution in [-0.2, 0) is 9.53 Å². The molecule has 1 N–H and O–H groups in total. The van der Waals surface area contributed by atoms with Gasteiger partial charge in [0.1, 0.15) is 12.1 Å². The first-order valence-corrected chi connectivity index (χ1v) is 6.01. The van der Waals surface area contributed by atoms with Crippen molar-refractivity contribution in [2.24, 2.45) is 0 Å². The van der Waals surface area contributed by atoms with Gasteiger partial charge in [-0.1, -0.05) is 0 Å². The molecule has 0 fully saturated rings. The average molecular weight is 282 g/mol. The summed E-state index contributed by atoms with van der Waals surface area (Å²) < 4.78 is 10.1. The number of benzene rings is 1. The Morgan fingerprint density at radius 3 is 2.55 bits per heavy atom. The number of ether oxygens (including phenoxy) is 2. The minimum Gasteiger partial charge on any atom is -0.490 e. The Labute approximate surface area is 117 Å². The quantitative estimate of drug-likeness (QED) is 0.506. The van der Waals surface area contributed by atoms with Gasteiger partial charge in [0.2, 0.25) is 0 Å². The van der Waals surface area contributed by atoms with Gasteiger partial charge >= 0.3 is 11.7 Å². The molecule has 1 aromatic carbocycles. The maximum absolute atomic E-state index is 11.5. The number of carbonyl (C=O) groups excluding carboxylic acids is 1. The molecule has 0 bridgehead atoms. The molecule has 1 rings (SSSR count). The van der Waals surface area contributed by atoms with Gasteiger partial charge in [-0.15, -0.1) is 0 Å². The normalized spacial score (nSPS) is 10.8. The molecule has 0 saturated carbocycles. The summed E-state index contributed by atoms with van der Waals surface area (Å²) in [5, 5.41) is 13.6. The van der Waals surface area contributed by atoms with E-state index in [0.717, 1.165) is 0 Å². The molecule has 0 spiro atoms. The van der Waals surface area contributed by atoms with E-state index in [1.54, 1.807) is 20.8 Å². The van der Waals surface area contributed by atoms with Crippen molar-refractivity contribution in [3.8, 4) is 5.75 Å². The first-order chi connectivity index (χ1) is 9.23. The molecule has 0 heterocycles. The van der Waals surface area contributed by atoms with Crippen LogP contribution in [0.25, 0.3) is 0 Å². The summed E-state index contributed by atoms with van der Waals surface area (Å²) in [6, 6.07) is 4.28. The van der Waals surface area contributed by atoms with Crippen LogP contribution < -0.4 is 10.1 Å². The van der Waals surface area contributed by atoms with Crippen LogP contribution in [0, 0.1) is 10.1 Å². The molecule has 0 amide bonds. The molecule has 0 aliphatic rings. The Morgan fingerprint density at radius 1 is 1.40 bits per heavy atom. The molecule has 0 aliphatic carbocycles. The molecule has 0 radical (unpaired) electrons. The molecule has 0 saturated heterocycles. The SMILES string of the molecule is COc1cc(NCC(=O)OC(C)(C)C)ccc1[N+](=O)[O-]. The van der Waals surface area contributed by atoms with Crippen LogP contribution in [0.1, 0.15) is 20.8 Å². The Balaban J connectivity index is 2.70. The zero-order valence-corrected chi connectivity index (χ0v) is 11.9. The van der Waals surface area contributed by atoms with E-state index in [1.807, 2.05) is 0 Å². The number of nitrogens with one attached hydrogen (secondary N) is 1. The predicted octanol–water partition coefficient (Wildman–Crippen LogP) is 2.36. The molecule has 110 valence electrons. The summed E-state index contributed by atoms with van der Waals surface area (Å²) in [7, 11) is 1.35. The molecule has 20 heavy (non-hydrogen) atoms. The molecule has 0 atom stereocenters. The summed E-state index contributed by atoms with van der Waals surface area (Å²) in [5.41, 5.74) is -0.139.